The van der Waals surface area contributed by atoms with Crippen LogP contribution in [0, 0.1) is 11.3 Å². The van der Waals surface area contributed by atoms with Gasteiger partial charge in [-0.1, -0.05) is 39.3 Å². The lowest BCUT2D eigenvalue weighted by Crippen LogP contribution is -2.46. The molecule has 0 aliphatic carbocycles. The third-order valence-corrected chi connectivity index (χ3v) is 9.54. The Bertz CT molecular complexity index is 1410. The zero-order chi connectivity index (χ0) is 32.3. The lowest BCUT2D eigenvalue weighted by atomic mass is 9.84. The highest BCUT2D eigenvalue weighted by atomic mass is 16.7. The maximum absolute atomic E-state index is 14.1. The molecule has 0 aromatic heterocycles. The summed E-state index contributed by atoms with van der Waals surface area (Å²) in [6.45, 7) is 8.41. The molecule has 11 nitrogen and oxygen atoms in total. The highest BCUT2D eigenvalue weighted by molar-refractivity contribution is 5.95. The fourth-order valence-corrected chi connectivity index (χ4v) is 6.93. The largest absolute Gasteiger partial charge is 0.493 e. The average molecular weight is 623 g/mol. The summed E-state index contributed by atoms with van der Waals surface area (Å²) in [5.41, 5.74) is 7.94. The Morgan fingerprint density at radius 2 is 2.00 bits per heavy atom. The average Bonchev–Trinajstić information content (AvgIpc) is 3.71. The second-order valence-corrected chi connectivity index (χ2v) is 12.9. The number of carbonyl (C=O) groups is 3. The second kappa shape index (κ2) is 13.7. The van der Waals surface area contributed by atoms with Crippen molar-refractivity contribution < 1.29 is 33.7 Å². The van der Waals surface area contributed by atoms with Gasteiger partial charge in [0.15, 0.2) is 11.5 Å². The number of nitrogens with zero attached hydrogens (tertiary/aromatic N) is 3. The lowest BCUT2D eigenvalue weighted by molar-refractivity contribution is -0.143. The number of anilines is 1. The van der Waals surface area contributed by atoms with E-state index in [2.05, 4.69) is 6.92 Å². The summed E-state index contributed by atoms with van der Waals surface area (Å²) in [5, 5.41) is 10.7. The standard InChI is InChI=1S/C34H46N4O7/c1-5-6-12-38(24-9-7-8-22(15-24)18-35)29(39)20-37-19-25(23-16-27(43-4)31-28(17-23)44-21-45-31)30(32(40)41)26(37)10-13-36-14-11-34(2,3)33(36)42/h7-9,15-17,25-26,30H,5-6,10-14,18-21,35H2,1-4H3,(H,40,41)/t25-,26+,30?/m1/s1. The first-order valence-electron chi connectivity index (χ1n) is 15.9. The van der Waals surface area contributed by atoms with E-state index in [0.717, 1.165) is 36.1 Å². The number of carbonyl (C=O) groups excluding carboxylic acids is 2. The van der Waals surface area contributed by atoms with Gasteiger partial charge in [0.25, 0.3) is 0 Å². The third-order valence-electron chi connectivity index (χ3n) is 9.54. The maximum atomic E-state index is 14.1. The Morgan fingerprint density at radius 1 is 1.20 bits per heavy atom. The Kier molecular flexibility index (Phi) is 9.88. The zero-order valence-corrected chi connectivity index (χ0v) is 26.8. The van der Waals surface area contributed by atoms with Crippen molar-refractivity contribution in [3.05, 3.63) is 47.5 Å². The number of unbranched alkanes of at least 4 members (excludes halogenated alkanes) is 1. The molecule has 1 unspecified atom stereocenters. The topological polar surface area (TPSA) is 135 Å². The van der Waals surface area contributed by atoms with E-state index in [1.165, 1.54) is 7.11 Å². The molecule has 2 aromatic carbocycles. The first-order chi connectivity index (χ1) is 21.6. The van der Waals surface area contributed by atoms with E-state index < -0.39 is 29.3 Å². The van der Waals surface area contributed by atoms with Gasteiger partial charge in [-0.05, 0) is 54.7 Å². The number of ether oxygens (including phenoxy) is 3. The van der Waals surface area contributed by atoms with Crippen LogP contribution in [0.15, 0.2) is 36.4 Å². The van der Waals surface area contributed by atoms with Crippen molar-refractivity contribution in [1.29, 1.82) is 0 Å². The molecular weight excluding hydrogens is 576 g/mol. The number of likely N-dealkylation sites (tertiary alicyclic amines) is 2. The highest BCUT2D eigenvalue weighted by Crippen LogP contribution is 2.47. The molecule has 3 aliphatic heterocycles. The van der Waals surface area contributed by atoms with Gasteiger partial charge in [-0.15, -0.1) is 0 Å². The molecular formula is C34H46N4O7. The van der Waals surface area contributed by atoms with Crippen molar-refractivity contribution >= 4 is 23.5 Å². The Morgan fingerprint density at radius 3 is 2.67 bits per heavy atom. The van der Waals surface area contributed by atoms with Crippen LogP contribution in [0.3, 0.4) is 0 Å². The van der Waals surface area contributed by atoms with Gasteiger partial charge in [-0.3, -0.25) is 19.3 Å². The first kappa shape index (κ1) is 32.6. The SMILES string of the molecule is CCCCN(C(=O)CN1C[C@H](c2cc(OC)c3c(c2)OCO3)C(C(=O)O)[C@@H]1CCN1CCC(C)(C)C1=O)c1cccc(CN)c1. The van der Waals surface area contributed by atoms with Crippen LogP contribution in [-0.2, 0) is 20.9 Å². The van der Waals surface area contributed by atoms with Gasteiger partial charge < -0.3 is 34.9 Å². The van der Waals surface area contributed by atoms with Crippen LogP contribution in [-0.4, -0.2) is 85.4 Å². The number of rotatable bonds is 13. The minimum Gasteiger partial charge on any atom is -0.493 e. The van der Waals surface area contributed by atoms with Gasteiger partial charge in [0, 0.05) is 55.8 Å². The lowest BCUT2D eigenvalue weighted by Gasteiger charge is -2.31. The van der Waals surface area contributed by atoms with E-state index in [-0.39, 0.29) is 25.2 Å². The van der Waals surface area contributed by atoms with Crippen molar-refractivity contribution in [3.8, 4) is 17.2 Å². The molecule has 3 atom stereocenters. The zero-order valence-electron chi connectivity index (χ0n) is 26.8. The molecule has 2 amide bonds. The summed E-state index contributed by atoms with van der Waals surface area (Å²) in [4.78, 5) is 45.8. The molecule has 2 fully saturated rings. The maximum Gasteiger partial charge on any atom is 0.308 e. The number of hydrogen-bond acceptors (Lipinski definition) is 8. The molecule has 244 valence electrons. The van der Waals surface area contributed by atoms with E-state index in [9.17, 15) is 19.5 Å². The molecule has 0 spiro atoms. The summed E-state index contributed by atoms with van der Waals surface area (Å²) in [6.07, 6.45) is 2.94. The number of carboxylic acids is 1. The van der Waals surface area contributed by atoms with Crippen molar-refractivity contribution in [2.45, 2.75) is 65.0 Å². The Balaban J connectivity index is 1.47. The third kappa shape index (κ3) is 6.74. The van der Waals surface area contributed by atoms with Crippen molar-refractivity contribution in [2.75, 3.05) is 51.5 Å². The molecule has 2 saturated heterocycles. The number of fused-ring (bicyclic) bond motifs is 1. The number of amides is 2. The summed E-state index contributed by atoms with van der Waals surface area (Å²) in [5.74, 6) is -0.746. The number of benzene rings is 2. The van der Waals surface area contributed by atoms with Gasteiger partial charge in [0.1, 0.15) is 0 Å². The van der Waals surface area contributed by atoms with Crippen LogP contribution in [0.4, 0.5) is 5.69 Å². The Hall–Kier alpha value is -3.83. The van der Waals surface area contributed by atoms with E-state index >= 15 is 0 Å². The highest BCUT2D eigenvalue weighted by Gasteiger charge is 2.48. The van der Waals surface area contributed by atoms with E-state index in [4.69, 9.17) is 19.9 Å². The predicted molar refractivity (Wildman–Crippen MR) is 170 cm³/mol. The van der Waals surface area contributed by atoms with Crippen LogP contribution < -0.4 is 24.8 Å². The van der Waals surface area contributed by atoms with Crippen LogP contribution in [0.2, 0.25) is 0 Å². The van der Waals surface area contributed by atoms with E-state index in [1.807, 2.05) is 60.0 Å². The molecule has 0 bridgehead atoms. The van der Waals surface area contributed by atoms with Gasteiger partial charge in [0.2, 0.25) is 24.4 Å². The van der Waals surface area contributed by atoms with Crippen LogP contribution in [0.5, 0.6) is 17.2 Å². The van der Waals surface area contributed by atoms with Crippen LogP contribution in [0.25, 0.3) is 0 Å². The minimum absolute atomic E-state index is 0.0443. The second-order valence-electron chi connectivity index (χ2n) is 12.9. The number of aliphatic carboxylic acids is 1. The smallest absolute Gasteiger partial charge is 0.308 e. The van der Waals surface area contributed by atoms with Gasteiger partial charge in [-0.2, -0.15) is 0 Å². The molecule has 0 radical (unpaired) electrons. The van der Waals surface area contributed by atoms with Crippen molar-refractivity contribution in [1.82, 2.24) is 9.80 Å². The predicted octanol–water partition coefficient (Wildman–Crippen LogP) is 3.83. The number of carboxylic acid groups (broad SMARTS) is 1. The molecule has 2 aromatic rings. The molecule has 45 heavy (non-hydrogen) atoms. The van der Waals surface area contributed by atoms with Crippen molar-refractivity contribution in [2.24, 2.45) is 17.1 Å². The van der Waals surface area contributed by atoms with E-state index in [0.29, 0.717) is 56.4 Å². The van der Waals surface area contributed by atoms with Gasteiger partial charge >= 0.3 is 5.97 Å². The van der Waals surface area contributed by atoms with Gasteiger partial charge in [0.05, 0.1) is 19.6 Å². The molecule has 0 saturated carbocycles. The van der Waals surface area contributed by atoms with Crippen LogP contribution in [0.1, 0.15) is 63.5 Å². The normalized spacial score (nSPS) is 22.2. The summed E-state index contributed by atoms with van der Waals surface area (Å²) < 4.78 is 16.8. The fraction of sp³-hybridized carbons (Fsp3) is 0.559. The summed E-state index contributed by atoms with van der Waals surface area (Å²) in [7, 11) is 1.54. The summed E-state index contributed by atoms with van der Waals surface area (Å²) in [6, 6.07) is 10.9. The molecule has 3 aliphatic rings. The monoisotopic (exact) mass is 622 g/mol. The van der Waals surface area contributed by atoms with Crippen LogP contribution >= 0.6 is 0 Å². The number of hydrogen-bond donors (Lipinski definition) is 2. The molecule has 5 rings (SSSR count). The van der Waals surface area contributed by atoms with Crippen molar-refractivity contribution in [3.63, 3.8) is 0 Å². The van der Waals surface area contributed by atoms with Gasteiger partial charge in [-0.25, -0.2) is 0 Å². The van der Waals surface area contributed by atoms with E-state index in [1.54, 1.807) is 4.90 Å². The summed E-state index contributed by atoms with van der Waals surface area (Å²) >= 11 is 0. The molecule has 3 heterocycles. The number of nitrogens with two attached hydrogens (primary N) is 1. The Labute approximate surface area is 265 Å². The molecule has 3 N–H and O–H groups in total. The first-order valence-corrected chi connectivity index (χ1v) is 15.9. The quantitative estimate of drug-likeness (QED) is 0.342. The minimum atomic E-state index is -0.942. The molecule has 11 heteroatoms. The fourth-order valence-electron chi connectivity index (χ4n) is 6.93. The number of methoxy groups -OCH3 is 1.